The number of benzene rings is 2. The Kier molecular flexibility index (Phi) is 6.82. The van der Waals surface area contributed by atoms with Gasteiger partial charge in [-0.25, -0.2) is 8.42 Å². The van der Waals surface area contributed by atoms with Crippen molar-refractivity contribution >= 4 is 10.0 Å². The van der Waals surface area contributed by atoms with Gasteiger partial charge in [0.05, 0.1) is 4.90 Å². The molecule has 0 bridgehead atoms. The van der Waals surface area contributed by atoms with E-state index in [0.29, 0.717) is 18.0 Å². The number of nitrogens with zero attached hydrogens (tertiary/aromatic N) is 2. The molecule has 0 spiro atoms. The highest BCUT2D eigenvalue weighted by Gasteiger charge is 2.26. The molecule has 0 amide bonds. The second-order valence-electron chi connectivity index (χ2n) is 9.15. The first-order valence-corrected chi connectivity index (χ1v) is 12.0. The standard InChI is InChI=1S/C24H34N2O2S/c1-20-7-13-23(14-8-20)29(27,28)26(18-17-25-15-5-6-16-25)19-21-9-11-22(12-10-21)24(2,3)4/h7-14H,5-6,15-19H2,1-4H3. The topological polar surface area (TPSA) is 40.6 Å². The predicted octanol–water partition coefficient (Wildman–Crippen LogP) is 4.58. The van der Waals surface area contributed by atoms with Crippen LogP contribution in [0.2, 0.25) is 0 Å². The Morgan fingerprint density at radius 2 is 1.52 bits per heavy atom. The van der Waals surface area contributed by atoms with E-state index >= 15 is 0 Å². The molecule has 4 nitrogen and oxygen atoms in total. The van der Waals surface area contributed by atoms with Crippen LogP contribution in [0.3, 0.4) is 0 Å². The van der Waals surface area contributed by atoms with Gasteiger partial charge in [-0.3, -0.25) is 0 Å². The summed E-state index contributed by atoms with van der Waals surface area (Å²) in [5, 5.41) is 0. The molecule has 3 rings (SSSR count). The van der Waals surface area contributed by atoms with Gasteiger partial charge in [-0.05, 0) is 61.5 Å². The van der Waals surface area contributed by atoms with Crippen LogP contribution in [0.25, 0.3) is 0 Å². The lowest BCUT2D eigenvalue weighted by Crippen LogP contribution is -2.37. The first kappa shape index (κ1) is 22.0. The van der Waals surface area contributed by atoms with Gasteiger partial charge in [0, 0.05) is 19.6 Å². The minimum atomic E-state index is -3.54. The highest BCUT2D eigenvalue weighted by Crippen LogP contribution is 2.24. The summed E-state index contributed by atoms with van der Waals surface area (Å²) in [4.78, 5) is 2.73. The van der Waals surface area contributed by atoms with Gasteiger partial charge >= 0.3 is 0 Å². The van der Waals surface area contributed by atoms with E-state index in [1.807, 2.05) is 19.1 Å². The number of sulfonamides is 1. The first-order chi connectivity index (χ1) is 13.7. The van der Waals surface area contributed by atoms with Gasteiger partial charge in [-0.2, -0.15) is 4.31 Å². The van der Waals surface area contributed by atoms with Crippen molar-refractivity contribution in [3.05, 3.63) is 65.2 Å². The number of rotatable bonds is 7. The molecule has 1 aliphatic heterocycles. The van der Waals surface area contributed by atoms with Gasteiger partial charge in [0.2, 0.25) is 10.0 Å². The third kappa shape index (κ3) is 5.68. The summed E-state index contributed by atoms with van der Waals surface area (Å²) < 4.78 is 28.4. The van der Waals surface area contributed by atoms with Crippen molar-refractivity contribution in [2.24, 2.45) is 0 Å². The van der Waals surface area contributed by atoms with Gasteiger partial charge in [0.15, 0.2) is 0 Å². The zero-order chi connectivity index (χ0) is 21.1. The quantitative estimate of drug-likeness (QED) is 0.666. The lowest BCUT2D eigenvalue weighted by molar-refractivity contribution is 0.292. The molecule has 1 fully saturated rings. The average molecular weight is 415 g/mol. The molecule has 0 aromatic heterocycles. The highest BCUT2D eigenvalue weighted by molar-refractivity contribution is 7.89. The summed E-state index contributed by atoms with van der Waals surface area (Å²) in [6.07, 6.45) is 2.41. The molecule has 0 N–H and O–H groups in total. The van der Waals surface area contributed by atoms with Crippen LogP contribution in [0.15, 0.2) is 53.4 Å². The van der Waals surface area contributed by atoms with Gasteiger partial charge in [-0.15, -0.1) is 0 Å². The third-order valence-corrected chi connectivity index (χ3v) is 7.56. The summed E-state index contributed by atoms with van der Waals surface area (Å²) in [7, 11) is -3.54. The van der Waals surface area contributed by atoms with E-state index in [1.54, 1.807) is 16.4 Å². The smallest absolute Gasteiger partial charge is 0.243 e. The van der Waals surface area contributed by atoms with Gasteiger partial charge in [0.1, 0.15) is 0 Å². The van der Waals surface area contributed by atoms with Crippen LogP contribution in [-0.2, 0) is 22.0 Å². The van der Waals surface area contributed by atoms with Crippen LogP contribution >= 0.6 is 0 Å². The summed E-state index contributed by atoms with van der Waals surface area (Å²) in [5.74, 6) is 0. The second kappa shape index (κ2) is 8.99. The van der Waals surface area contributed by atoms with E-state index < -0.39 is 10.0 Å². The number of aryl methyl sites for hydroxylation is 1. The van der Waals surface area contributed by atoms with E-state index in [-0.39, 0.29) is 5.41 Å². The van der Waals surface area contributed by atoms with Crippen molar-refractivity contribution in [1.82, 2.24) is 9.21 Å². The van der Waals surface area contributed by atoms with Crippen LogP contribution in [0.5, 0.6) is 0 Å². The van der Waals surface area contributed by atoms with Crippen LogP contribution in [0.4, 0.5) is 0 Å². The van der Waals surface area contributed by atoms with E-state index in [1.165, 1.54) is 18.4 Å². The Balaban J connectivity index is 1.82. The van der Waals surface area contributed by atoms with Crippen molar-refractivity contribution < 1.29 is 8.42 Å². The number of hydrogen-bond donors (Lipinski definition) is 0. The maximum Gasteiger partial charge on any atom is 0.243 e. The number of likely N-dealkylation sites (tertiary alicyclic amines) is 1. The summed E-state index contributed by atoms with van der Waals surface area (Å²) >= 11 is 0. The summed E-state index contributed by atoms with van der Waals surface area (Å²) in [5.41, 5.74) is 3.42. The Bertz CT molecular complexity index is 891. The molecule has 158 valence electrons. The maximum absolute atomic E-state index is 13.4. The van der Waals surface area contributed by atoms with Crippen LogP contribution in [0, 0.1) is 6.92 Å². The Labute approximate surface area is 176 Å². The SMILES string of the molecule is Cc1ccc(S(=O)(=O)N(CCN2CCCC2)Cc2ccc(C(C)(C)C)cc2)cc1. The Morgan fingerprint density at radius 1 is 0.931 bits per heavy atom. The van der Waals surface area contributed by atoms with E-state index in [4.69, 9.17) is 0 Å². The van der Waals surface area contributed by atoms with Crippen molar-refractivity contribution in [3.63, 3.8) is 0 Å². The lowest BCUT2D eigenvalue weighted by Gasteiger charge is -2.26. The fraction of sp³-hybridized carbons (Fsp3) is 0.500. The summed E-state index contributed by atoms with van der Waals surface area (Å²) in [6, 6.07) is 15.5. The van der Waals surface area contributed by atoms with Crippen molar-refractivity contribution in [2.45, 2.75) is 57.4 Å². The van der Waals surface area contributed by atoms with E-state index in [0.717, 1.165) is 30.8 Å². The molecule has 2 aromatic carbocycles. The van der Waals surface area contributed by atoms with Gasteiger partial charge < -0.3 is 4.90 Å². The van der Waals surface area contributed by atoms with Gasteiger partial charge in [-0.1, -0.05) is 62.7 Å². The molecular formula is C24H34N2O2S. The van der Waals surface area contributed by atoms with Crippen molar-refractivity contribution in [1.29, 1.82) is 0 Å². The van der Waals surface area contributed by atoms with E-state index in [2.05, 4.69) is 49.9 Å². The highest BCUT2D eigenvalue weighted by atomic mass is 32.2. The molecule has 1 aliphatic rings. The average Bonchev–Trinajstić information content (AvgIpc) is 3.18. The molecule has 5 heteroatoms. The first-order valence-electron chi connectivity index (χ1n) is 10.5. The largest absolute Gasteiger partial charge is 0.302 e. The van der Waals surface area contributed by atoms with Crippen LogP contribution < -0.4 is 0 Å². The van der Waals surface area contributed by atoms with Crippen LogP contribution in [-0.4, -0.2) is 43.8 Å². The zero-order valence-electron chi connectivity index (χ0n) is 18.2. The molecule has 0 aliphatic carbocycles. The normalized spacial score (nSPS) is 15.9. The van der Waals surface area contributed by atoms with Crippen LogP contribution in [0.1, 0.15) is 50.3 Å². The fourth-order valence-electron chi connectivity index (χ4n) is 3.72. The summed E-state index contributed by atoms with van der Waals surface area (Å²) in [6.45, 7) is 12.4. The minimum absolute atomic E-state index is 0.0853. The minimum Gasteiger partial charge on any atom is -0.302 e. The zero-order valence-corrected chi connectivity index (χ0v) is 19.0. The molecule has 0 radical (unpaired) electrons. The maximum atomic E-state index is 13.4. The molecule has 2 aromatic rings. The Morgan fingerprint density at radius 3 is 2.07 bits per heavy atom. The Hall–Kier alpha value is -1.69. The molecule has 29 heavy (non-hydrogen) atoms. The molecule has 0 atom stereocenters. The van der Waals surface area contributed by atoms with E-state index in [9.17, 15) is 8.42 Å². The molecule has 0 saturated carbocycles. The predicted molar refractivity (Wildman–Crippen MR) is 120 cm³/mol. The second-order valence-corrected chi connectivity index (χ2v) is 11.1. The van der Waals surface area contributed by atoms with Crippen molar-refractivity contribution in [2.75, 3.05) is 26.2 Å². The van der Waals surface area contributed by atoms with Crippen molar-refractivity contribution in [3.8, 4) is 0 Å². The molecular weight excluding hydrogens is 380 g/mol. The van der Waals surface area contributed by atoms with Gasteiger partial charge in [0.25, 0.3) is 0 Å². The molecule has 0 unspecified atom stereocenters. The monoisotopic (exact) mass is 414 g/mol. The molecule has 1 heterocycles. The lowest BCUT2D eigenvalue weighted by atomic mass is 9.87. The third-order valence-electron chi connectivity index (χ3n) is 5.70. The number of hydrogen-bond acceptors (Lipinski definition) is 3. The fourth-order valence-corrected chi connectivity index (χ4v) is 5.14. The molecule has 1 saturated heterocycles.